The van der Waals surface area contributed by atoms with E-state index in [9.17, 15) is 0 Å². The average molecular weight is 343 g/mol. The van der Waals surface area contributed by atoms with Gasteiger partial charge in [-0.3, -0.25) is 4.90 Å². The normalized spacial score (nSPS) is 15.6. The van der Waals surface area contributed by atoms with Crippen molar-refractivity contribution in [3.8, 4) is 11.4 Å². The number of rotatable bonds is 6. The van der Waals surface area contributed by atoms with Crippen LogP contribution in [0.4, 0.5) is 0 Å². The monoisotopic (exact) mass is 342 g/mol. The third-order valence-corrected chi connectivity index (χ3v) is 4.14. The van der Waals surface area contributed by atoms with Gasteiger partial charge in [-0.1, -0.05) is 28.9 Å². The van der Waals surface area contributed by atoms with Crippen LogP contribution in [0.1, 0.15) is 18.7 Å². The summed E-state index contributed by atoms with van der Waals surface area (Å²) in [6.45, 7) is 1.28. The highest BCUT2D eigenvalue weighted by atomic mass is 35.5. The summed E-state index contributed by atoms with van der Waals surface area (Å²) < 4.78 is 5.34. The van der Waals surface area contributed by atoms with Gasteiger partial charge in [-0.05, 0) is 37.9 Å². The number of halogens is 2. The van der Waals surface area contributed by atoms with E-state index in [4.69, 9.17) is 21.9 Å². The van der Waals surface area contributed by atoms with E-state index in [0.717, 1.165) is 11.5 Å². The fourth-order valence-corrected chi connectivity index (χ4v) is 2.80. The second-order valence-electron chi connectivity index (χ2n) is 5.58. The van der Waals surface area contributed by atoms with Crippen molar-refractivity contribution in [1.29, 1.82) is 0 Å². The van der Waals surface area contributed by atoms with Gasteiger partial charge in [0.1, 0.15) is 0 Å². The van der Waals surface area contributed by atoms with Crippen LogP contribution in [0.15, 0.2) is 28.8 Å². The third-order valence-electron chi connectivity index (χ3n) is 3.91. The molecule has 0 saturated heterocycles. The minimum atomic E-state index is 0. The highest BCUT2D eigenvalue weighted by Crippen LogP contribution is 2.34. The summed E-state index contributed by atoms with van der Waals surface area (Å²) in [5, 5.41) is 4.68. The van der Waals surface area contributed by atoms with Gasteiger partial charge in [-0.15, -0.1) is 12.4 Å². The highest BCUT2D eigenvalue weighted by Gasteiger charge is 2.33. The van der Waals surface area contributed by atoms with E-state index in [1.54, 1.807) is 0 Å². The third kappa shape index (κ3) is 3.98. The number of likely N-dealkylation sites (N-methyl/N-ethyl adjacent to an activating group) is 1. The quantitative estimate of drug-likeness (QED) is 0.873. The van der Waals surface area contributed by atoms with Crippen molar-refractivity contribution in [3.63, 3.8) is 0 Å². The molecule has 3 rings (SSSR count). The second kappa shape index (κ2) is 7.42. The molecule has 1 unspecified atom stereocenters. The molecule has 0 spiro atoms. The molecule has 1 aliphatic rings. The van der Waals surface area contributed by atoms with Gasteiger partial charge in [-0.25, -0.2) is 0 Å². The molecule has 1 saturated carbocycles. The Bertz CT molecular complexity index is 615. The Hall–Kier alpha value is -1.14. The first-order chi connectivity index (χ1) is 10.2. The molecule has 5 nitrogen and oxygen atoms in total. The van der Waals surface area contributed by atoms with Gasteiger partial charge in [0.15, 0.2) is 0 Å². The van der Waals surface area contributed by atoms with Gasteiger partial charge in [0.25, 0.3) is 0 Å². The van der Waals surface area contributed by atoms with Gasteiger partial charge < -0.3 is 10.3 Å². The standard InChI is InChI=1S/C15H19ClN4O.ClH/c1-20(13(8-17)10-5-6-10)9-14-18-15(19-21-14)11-3-2-4-12(16)7-11;/h2-4,7,10,13H,5-6,8-9,17H2,1H3;1H. The molecule has 1 aliphatic carbocycles. The van der Waals surface area contributed by atoms with E-state index in [-0.39, 0.29) is 12.4 Å². The van der Waals surface area contributed by atoms with Crippen molar-refractivity contribution < 1.29 is 4.52 Å². The van der Waals surface area contributed by atoms with Crippen LogP contribution >= 0.6 is 24.0 Å². The van der Waals surface area contributed by atoms with E-state index in [0.29, 0.717) is 35.9 Å². The van der Waals surface area contributed by atoms with Crippen LogP contribution in [-0.4, -0.2) is 34.7 Å². The molecule has 0 bridgehead atoms. The lowest BCUT2D eigenvalue weighted by Crippen LogP contribution is -2.39. The van der Waals surface area contributed by atoms with Crippen molar-refractivity contribution in [2.75, 3.05) is 13.6 Å². The van der Waals surface area contributed by atoms with Crippen LogP contribution in [0, 0.1) is 5.92 Å². The smallest absolute Gasteiger partial charge is 0.241 e. The van der Waals surface area contributed by atoms with Crippen LogP contribution in [0.3, 0.4) is 0 Å². The summed E-state index contributed by atoms with van der Waals surface area (Å²) in [6, 6.07) is 7.83. The number of hydrogen-bond acceptors (Lipinski definition) is 5. The molecule has 1 atom stereocenters. The van der Waals surface area contributed by atoms with Crippen LogP contribution < -0.4 is 5.73 Å². The molecule has 0 amide bonds. The van der Waals surface area contributed by atoms with E-state index >= 15 is 0 Å². The first-order valence-corrected chi connectivity index (χ1v) is 7.54. The van der Waals surface area contributed by atoms with E-state index in [1.165, 1.54) is 12.8 Å². The van der Waals surface area contributed by atoms with Crippen molar-refractivity contribution in [2.45, 2.75) is 25.4 Å². The lowest BCUT2D eigenvalue weighted by Gasteiger charge is -2.25. The Morgan fingerprint density at radius 1 is 1.45 bits per heavy atom. The second-order valence-corrected chi connectivity index (χ2v) is 6.01. The Morgan fingerprint density at radius 2 is 2.23 bits per heavy atom. The number of benzene rings is 1. The molecule has 1 heterocycles. The molecule has 1 aromatic carbocycles. The average Bonchev–Trinajstić information content (AvgIpc) is 3.18. The van der Waals surface area contributed by atoms with Crippen molar-refractivity contribution >= 4 is 24.0 Å². The van der Waals surface area contributed by atoms with Crippen LogP contribution in [0.25, 0.3) is 11.4 Å². The molecule has 1 fully saturated rings. The van der Waals surface area contributed by atoms with Gasteiger partial charge in [0.2, 0.25) is 11.7 Å². The summed E-state index contributed by atoms with van der Waals surface area (Å²) >= 11 is 5.98. The molecule has 22 heavy (non-hydrogen) atoms. The van der Waals surface area contributed by atoms with Gasteiger partial charge in [-0.2, -0.15) is 4.98 Å². The molecular weight excluding hydrogens is 323 g/mol. The summed E-state index contributed by atoms with van der Waals surface area (Å²) in [7, 11) is 2.05. The zero-order chi connectivity index (χ0) is 14.8. The predicted molar refractivity (Wildman–Crippen MR) is 89.0 cm³/mol. The maximum absolute atomic E-state index is 5.98. The van der Waals surface area contributed by atoms with Crippen molar-refractivity contribution in [3.05, 3.63) is 35.2 Å². The molecule has 1 aromatic heterocycles. The molecule has 0 radical (unpaired) electrons. The van der Waals surface area contributed by atoms with Crippen LogP contribution in [0.5, 0.6) is 0 Å². The van der Waals surface area contributed by atoms with Crippen molar-refractivity contribution in [1.82, 2.24) is 15.0 Å². The Kier molecular flexibility index (Phi) is 5.81. The lowest BCUT2D eigenvalue weighted by atomic mass is 10.1. The van der Waals surface area contributed by atoms with E-state index < -0.39 is 0 Å². The predicted octanol–water partition coefficient (Wildman–Crippen LogP) is 2.98. The molecular formula is C15H20Cl2N4O. The SMILES string of the molecule is CN(Cc1nc(-c2cccc(Cl)c2)no1)C(CN)C1CC1.Cl. The molecule has 120 valence electrons. The lowest BCUT2D eigenvalue weighted by molar-refractivity contribution is 0.189. The van der Waals surface area contributed by atoms with Crippen molar-refractivity contribution in [2.24, 2.45) is 11.7 Å². The zero-order valence-electron chi connectivity index (χ0n) is 12.4. The summed E-state index contributed by atoms with van der Waals surface area (Å²) in [5.41, 5.74) is 6.72. The maximum Gasteiger partial charge on any atom is 0.241 e. The first kappa shape index (κ1) is 17.2. The number of aromatic nitrogens is 2. The maximum atomic E-state index is 5.98. The Balaban J connectivity index is 0.00000176. The molecule has 7 heteroatoms. The van der Waals surface area contributed by atoms with Crippen LogP contribution in [-0.2, 0) is 6.54 Å². The topological polar surface area (TPSA) is 68.2 Å². The van der Waals surface area contributed by atoms with E-state index in [2.05, 4.69) is 22.1 Å². The minimum absolute atomic E-state index is 0. The molecule has 2 N–H and O–H groups in total. The highest BCUT2D eigenvalue weighted by molar-refractivity contribution is 6.30. The number of nitrogens with zero attached hydrogens (tertiary/aromatic N) is 3. The molecule has 2 aromatic rings. The van der Waals surface area contributed by atoms with Crippen LogP contribution in [0.2, 0.25) is 5.02 Å². The molecule has 0 aliphatic heterocycles. The minimum Gasteiger partial charge on any atom is -0.338 e. The summed E-state index contributed by atoms with van der Waals surface area (Å²) in [6.07, 6.45) is 2.54. The zero-order valence-corrected chi connectivity index (χ0v) is 14.0. The Labute approximate surface area is 141 Å². The van der Waals surface area contributed by atoms with Gasteiger partial charge in [0, 0.05) is 23.2 Å². The number of hydrogen-bond donors (Lipinski definition) is 1. The fourth-order valence-electron chi connectivity index (χ4n) is 2.61. The summed E-state index contributed by atoms with van der Waals surface area (Å²) in [4.78, 5) is 6.64. The number of nitrogens with two attached hydrogens (primary N) is 1. The van der Waals surface area contributed by atoms with Gasteiger partial charge in [0.05, 0.1) is 6.54 Å². The van der Waals surface area contributed by atoms with Gasteiger partial charge >= 0.3 is 0 Å². The summed E-state index contributed by atoms with van der Waals surface area (Å²) in [5.74, 6) is 1.89. The Morgan fingerprint density at radius 3 is 2.86 bits per heavy atom. The van der Waals surface area contributed by atoms with E-state index in [1.807, 2.05) is 24.3 Å². The first-order valence-electron chi connectivity index (χ1n) is 7.16. The fraction of sp³-hybridized carbons (Fsp3) is 0.467. The largest absolute Gasteiger partial charge is 0.338 e.